The van der Waals surface area contributed by atoms with Gasteiger partial charge in [-0.2, -0.15) is 11.8 Å². The van der Waals surface area contributed by atoms with Crippen molar-refractivity contribution in [3.63, 3.8) is 0 Å². The Bertz CT molecular complexity index is 541. The van der Waals surface area contributed by atoms with Crippen LogP contribution in [0.15, 0.2) is 29.2 Å². The van der Waals surface area contributed by atoms with Gasteiger partial charge in [0.1, 0.15) is 0 Å². The largest absolute Gasteiger partial charge is 0.326 e. The van der Waals surface area contributed by atoms with Gasteiger partial charge in [-0.05, 0) is 36.9 Å². The number of benzene rings is 1. The smallest absolute Gasteiger partial charge is 0.240 e. The summed E-state index contributed by atoms with van der Waals surface area (Å²) < 4.78 is 27.1. The fourth-order valence-corrected chi connectivity index (χ4v) is 3.79. The van der Waals surface area contributed by atoms with E-state index in [9.17, 15) is 13.2 Å². The van der Waals surface area contributed by atoms with E-state index in [1.165, 1.54) is 19.1 Å². The van der Waals surface area contributed by atoms with Crippen LogP contribution >= 0.6 is 11.8 Å². The number of hydrogen-bond acceptors (Lipinski definition) is 4. The van der Waals surface area contributed by atoms with E-state index in [4.69, 9.17) is 0 Å². The highest BCUT2D eigenvalue weighted by molar-refractivity contribution is 7.98. The number of rotatable bonds is 7. The number of thioether (sulfide) groups is 1. The molecular formula is C13H20N2O3S2. The van der Waals surface area contributed by atoms with Crippen LogP contribution in [0, 0.1) is 0 Å². The molecule has 0 heterocycles. The summed E-state index contributed by atoms with van der Waals surface area (Å²) in [4.78, 5) is 11.1. The maximum absolute atomic E-state index is 12.2. The molecule has 112 valence electrons. The first-order chi connectivity index (χ1) is 9.39. The summed E-state index contributed by atoms with van der Waals surface area (Å²) in [7, 11) is -3.52. The molecule has 1 aromatic carbocycles. The van der Waals surface area contributed by atoms with Crippen LogP contribution in [0.4, 0.5) is 5.69 Å². The topological polar surface area (TPSA) is 75.3 Å². The van der Waals surface area contributed by atoms with Gasteiger partial charge in [0.25, 0.3) is 0 Å². The molecule has 2 N–H and O–H groups in total. The Morgan fingerprint density at radius 3 is 2.35 bits per heavy atom. The van der Waals surface area contributed by atoms with E-state index in [1.54, 1.807) is 23.9 Å². The lowest BCUT2D eigenvalue weighted by Crippen LogP contribution is -2.36. The van der Waals surface area contributed by atoms with Gasteiger partial charge in [-0.25, -0.2) is 13.1 Å². The van der Waals surface area contributed by atoms with Crippen molar-refractivity contribution >= 4 is 33.4 Å². The zero-order valence-electron chi connectivity index (χ0n) is 11.8. The second kappa shape index (κ2) is 7.66. The molecule has 0 unspecified atom stereocenters. The molecule has 1 atom stereocenters. The molecule has 0 aromatic heterocycles. The summed E-state index contributed by atoms with van der Waals surface area (Å²) >= 11 is 1.61. The van der Waals surface area contributed by atoms with Gasteiger partial charge in [0.15, 0.2) is 0 Å². The fraction of sp³-hybridized carbons (Fsp3) is 0.462. The zero-order chi connectivity index (χ0) is 15.2. The Hall–Kier alpha value is -1.05. The molecule has 1 amide bonds. The van der Waals surface area contributed by atoms with E-state index >= 15 is 0 Å². The fourth-order valence-electron chi connectivity index (χ4n) is 1.64. The lowest BCUT2D eigenvalue weighted by Gasteiger charge is -2.16. The highest BCUT2D eigenvalue weighted by Crippen LogP contribution is 2.15. The molecule has 0 fully saturated rings. The number of amides is 1. The van der Waals surface area contributed by atoms with Crippen LogP contribution in [-0.2, 0) is 14.8 Å². The number of sulfonamides is 1. The van der Waals surface area contributed by atoms with Gasteiger partial charge in [0.2, 0.25) is 15.9 Å². The molecule has 0 radical (unpaired) electrons. The standard InChI is InChI=1S/C13H20N2O3S2/c1-4-11(9-19-3)15-20(17,18)13-7-5-12(6-8-13)14-10(2)16/h5-8,11,15H,4,9H2,1-3H3,(H,14,16)/t11-/m0/s1. The normalized spacial score (nSPS) is 12.9. The second-order valence-corrected chi connectivity index (χ2v) is 7.01. The van der Waals surface area contributed by atoms with Crippen molar-refractivity contribution in [2.24, 2.45) is 0 Å². The Morgan fingerprint density at radius 1 is 1.30 bits per heavy atom. The van der Waals surface area contributed by atoms with Crippen LogP contribution in [0.5, 0.6) is 0 Å². The molecule has 0 bridgehead atoms. The van der Waals surface area contributed by atoms with Gasteiger partial charge >= 0.3 is 0 Å². The van der Waals surface area contributed by atoms with Gasteiger partial charge in [-0.1, -0.05) is 6.92 Å². The monoisotopic (exact) mass is 316 g/mol. The van der Waals surface area contributed by atoms with E-state index < -0.39 is 10.0 Å². The van der Waals surface area contributed by atoms with Crippen LogP contribution < -0.4 is 10.0 Å². The van der Waals surface area contributed by atoms with Gasteiger partial charge in [-0.15, -0.1) is 0 Å². The maximum atomic E-state index is 12.2. The second-order valence-electron chi connectivity index (χ2n) is 4.39. The average molecular weight is 316 g/mol. The molecule has 5 nitrogen and oxygen atoms in total. The van der Waals surface area contributed by atoms with Crippen molar-refractivity contribution in [2.45, 2.75) is 31.2 Å². The van der Waals surface area contributed by atoms with Crippen LogP contribution in [-0.4, -0.2) is 32.4 Å². The predicted octanol–water partition coefficient (Wildman–Crippen LogP) is 2.06. The Labute approximate surface area is 124 Å². The van der Waals surface area contributed by atoms with Gasteiger partial charge in [0.05, 0.1) is 4.90 Å². The summed E-state index contributed by atoms with van der Waals surface area (Å²) in [5, 5.41) is 2.60. The van der Waals surface area contributed by atoms with E-state index in [0.717, 1.165) is 12.2 Å². The van der Waals surface area contributed by atoms with E-state index in [0.29, 0.717) is 5.69 Å². The van der Waals surface area contributed by atoms with Crippen molar-refractivity contribution in [3.8, 4) is 0 Å². The van der Waals surface area contributed by atoms with E-state index in [2.05, 4.69) is 10.0 Å². The minimum absolute atomic E-state index is 0.0787. The molecule has 1 rings (SSSR count). The molecule has 1 aromatic rings. The van der Waals surface area contributed by atoms with Crippen molar-refractivity contribution in [1.82, 2.24) is 4.72 Å². The maximum Gasteiger partial charge on any atom is 0.240 e. The van der Waals surface area contributed by atoms with Crippen LogP contribution in [0.25, 0.3) is 0 Å². The van der Waals surface area contributed by atoms with E-state index in [-0.39, 0.29) is 16.8 Å². The average Bonchev–Trinajstić information content (AvgIpc) is 2.38. The van der Waals surface area contributed by atoms with Crippen LogP contribution in [0.2, 0.25) is 0 Å². The summed E-state index contributed by atoms with van der Waals surface area (Å²) in [5.74, 6) is 0.546. The van der Waals surface area contributed by atoms with Gasteiger partial charge in [-0.3, -0.25) is 4.79 Å². The first kappa shape index (κ1) is 17.0. The molecule has 0 saturated heterocycles. The Morgan fingerprint density at radius 2 is 1.90 bits per heavy atom. The predicted molar refractivity (Wildman–Crippen MR) is 83.5 cm³/mol. The third-order valence-corrected chi connectivity index (χ3v) is 4.94. The first-order valence-electron chi connectivity index (χ1n) is 6.28. The molecule has 20 heavy (non-hydrogen) atoms. The third kappa shape index (κ3) is 5.15. The van der Waals surface area contributed by atoms with Crippen LogP contribution in [0.1, 0.15) is 20.3 Å². The van der Waals surface area contributed by atoms with Crippen molar-refractivity contribution in [3.05, 3.63) is 24.3 Å². The molecule has 0 aliphatic heterocycles. The van der Waals surface area contributed by atoms with Gasteiger partial charge in [0, 0.05) is 24.4 Å². The molecule has 0 aliphatic rings. The summed E-state index contributed by atoms with van der Waals surface area (Å²) in [6.07, 6.45) is 2.68. The third-order valence-electron chi connectivity index (χ3n) is 2.67. The van der Waals surface area contributed by atoms with Crippen molar-refractivity contribution in [1.29, 1.82) is 0 Å². The number of carbonyl (C=O) groups is 1. The van der Waals surface area contributed by atoms with E-state index in [1.807, 2.05) is 13.2 Å². The molecule has 7 heteroatoms. The lowest BCUT2D eigenvalue weighted by atomic mass is 10.3. The number of anilines is 1. The summed E-state index contributed by atoms with van der Waals surface area (Å²) in [6, 6.07) is 6.04. The highest BCUT2D eigenvalue weighted by Gasteiger charge is 2.18. The minimum Gasteiger partial charge on any atom is -0.326 e. The number of nitrogens with one attached hydrogen (secondary N) is 2. The highest BCUT2D eigenvalue weighted by atomic mass is 32.2. The SMILES string of the molecule is CC[C@@H](CSC)NS(=O)(=O)c1ccc(NC(C)=O)cc1. The lowest BCUT2D eigenvalue weighted by molar-refractivity contribution is -0.114. The Balaban J connectivity index is 2.84. The molecular weight excluding hydrogens is 296 g/mol. The quantitative estimate of drug-likeness (QED) is 0.807. The van der Waals surface area contributed by atoms with Gasteiger partial charge < -0.3 is 5.32 Å². The summed E-state index contributed by atoms with van der Waals surface area (Å²) in [5.41, 5.74) is 0.576. The minimum atomic E-state index is -3.52. The number of hydrogen-bond donors (Lipinski definition) is 2. The summed E-state index contributed by atoms with van der Waals surface area (Å²) in [6.45, 7) is 3.35. The van der Waals surface area contributed by atoms with Crippen LogP contribution in [0.3, 0.4) is 0 Å². The molecule has 0 aliphatic carbocycles. The number of carbonyl (C=O) groups excluding carboxylic acids is 1. The first-order valence-corrected chi connectivity index (χ1v) is 9.15. The van der Waals surface area contributed by atoms with Crippen molar-refractivity contribution in [2.75, 3.05) is 17.3 Å². The molecule has 0 saturated carbocycles. The van der Waals surface area contributed by atoms with Crippen molar-refractivity contribution < 1.29 is 13.2 Å². The zero-order valence-corrected chi connectivity index (χ0v) is 13.5. The molecule has 0 spiro atoms. The Kier molecular flexibility index (Phi) is 6.51.